The van der Waals surface area contributed by atoms with E-state index in [2.05, 4.69) is 25.7 Å². The molecule has 0 saturated heterocycles. The fourth-order valence-corrected chi connectivity index (χ4v) is 6.02. The van der Waals surface area contributed by atoms with Crippen LogP contribution in [0.2, 0.25) is 0 Å². The molecule has 0 spiro atoms. The zero-order valence-corrected chi connectivity index (χ0v) is 19.7. The van der Waals surface area contributed by atoms with Crippen LogP contribution in [0.15, 0.2) is 61.2 Å². The third-order valence-electron chi connectivity index (χ3n) is 7.78. The van der Waals surface area contributed by atoms with Crippen molar-refractivity contribution in [3.8, 4) is 16.9 Å². The average Bonchev–Trinajstić information content (AvgIpc) is 2.85. The van der Waals surface area contributed by atoms with Crippen LogP contribution in [0, 0.1) is 29.4 Å². The van der Waals surface area contributed by atoms with Crippen LogP contribution in [0.1, 0.15) is 69.8 Å². The standard InChI is InChI=1S/C30H36F2O/c1-3-5-6-7-21-8-9-24-20-25(11-10-23(24)19-21)28-17-16-27(29(31)30(28)32)22-12-14-26(15-13-22)33-18-4-2/h3-5,12-17,21,23-25H,2,6-11,18-20H2,1H3/b5-3+. The van der Waals surface area contributed by atoms with Crippen molar-refractivity contribution in [2.75, 3.05) is 6.61 Å². The molecule has 2 aromatic rings. The van der Waals surface area contributed by atoms with Crippen molar-refractivity contribution in [3.05, 3.63) is 78.4 Å². The normalized spacial score (nSPS) is 25.1. The van der Waals surface area contributed by atoms with E-state index in [0.717, 1.165) is 31.1 Å². The summed E-state index contributed by atoms with van der Waals surface area (Å²) in [4.78, 5) is 0. The summed E-state index contributed by atoms with van der Waals surface area (Å²) in [6.45, 7) is 6.13. The van der Waals surface area contributed by atoms with Crippen LogP contribution in [0.5, 0.6) is 5.75 Å². The summed E-state index contributed by atoms with van der Waals surface area (Å²) in [7, 11) is 0. The fraction of sp³-hybridized carbons (Fsp3) is 0.467. The van der Waals surface area contributed by atoms with Gasteiger partial charge in [0, 0.05) is 5.56 Å². The lowest BCUT2D eigenvalue weighted by molar-refractivity contribution is 0.114. The molecule has 1 nitrogen and oxygen atoms in total. The minimum absolute atomic E-state index is 0.129. The van der Waals surface area contributed by atoms with E-state index in [-0.39, 0.29) is 5.92 Å². The Hall–Kier alpha value is -2.42. The quantitative estimate of drug-likeness (QED) is 0.365. The lowest BCUT2D eigenvalue weighted by atomic mass is 9.63. The van der Waals surface area contributed by atoms with Gasteiger partial charge in [-0.05, 0) is 98.8 Å². The summed E-state index contributed by atoms with van der Waals surface area (Å²) in [5, 5.41) is 0. The number of benzene rings is 2. The van der Waals surface area contributed by atoms with Gasteiger partial charge in [0.25, 0.3) is 0 Å². The Bertz CT molecular complexity index is 962. The third-order valence-corrected chi connectivity index (χ3v) is 7.78. The number of rotatable bonds is 8. The Balaban J connectivity index is 1.42. The number of hydrogen-bond donors (Lipinski definition) is 0. The van der Waals surface area contributed by atoms with E-state index in [1.807, 2.05) is 6.07 Å². The van der Waals surface area contributed by atoms with E-state index in [4.69, 9.17) is 4.74 Å². The molecule has 2 saturated carbocycles. The van der Waals surface area contributed by atoms with Gasteiger partial charge in [-0.15, -0.1) is 0 Å². The lowest BCUT2D eigenvalue weighted by Crippen LogP contribution is -2.30. The molecule has 2 fully saturated rings. The molecule has 33 heavy (non-hydrogen) atoms. The Morgan fingerprint density at radius 2 is 1.70 bits per heavy atom. The first-order valence-corrected chi connectivity index (χ1v) is 12.5. The second-order valence-electron chi connectivity index (χ2n) is 9.81. The Kier molecular flexibility index (Phi) is 8.01. The molecule has 0 aromatic heterocycles. The maximum absolute atomic E-state index is 15.2. The van der Waals surface area contributed by atoms with Crippen LogP contribution in [0.25, 0.3) is 11.1 Å². The van der Waals surface area contributed by atoms with Gasteiger partial charge in [-0.25, -0.2) is 8.78 Å². The molecule has 176 valence electrons. The molecule has 4 unspecified atom stereocenters. The van der Waals surface area contributed by atoms with E-state index in [9.17, 15) is 0 Å². The van der Waals surface area contributed by atoms with Crippen molar-refractivity contribution in [1.29, 1.82) is 0 Å². The summed E-state index contributed by atoms with van der Waals surface area (Å²) in [6.07, 6.45) is 15.5. The molecule has 4 rings (SSSR count). The summed E-state index contributed by atoms with van der Waals surface area (Å²) in [5.74, 6) is 1.67. The molecule has 0 heterocycles. The van der Waals surface area contributed by atoms with Crippen molar-refractivity contribution in [2.24, 2.45) is 17.8 Å². The highest BCUT2D eigenvalue weighted by molar-refractivity contribution is 5.65. The van der Waals surface area contributed by atoms with Crippen LogP contribution in [0.4, 0.5) is 8.78 Å². The predicted octanol–water partition coefficient (Wildman–Crippen LogP) is 8.85. The molecule has 0 N–H and O–H groups in total. The van der Waals surface area contributed by atoms with Gasteiger partial charge in [0.1, 0.15) is 12.4 Å². The second kappa shape index (κ2) is 11.1. The van der Waals surface area contributed by atoms with Gasteiger partial charge >= 0.3 is 0 Å². The first kappa shape index (κ1) is 23.7. The number of fused-ring (bicyclic) bond motifs is 1. The third kappa shape index (κ3) is 5.57. The van der Waals surface area contributed by atoms with Gasteiger partial charge in [-0.3, -0.25) is 0 Å². The molecular weight excluding hydrogens is 414 g/mol. The number of allylic oxidation sites excluding steroid dienone is 2. The SMILES string of the molecule is C=CCOc1ccc(-c2ccc(C3CCC4CC(CC/C=C/C)CCC4C3)c(F)c2F)cc1. The zero-order valence-electron chi connectivity index (χ0n) is 19.7. The minimum atomic E-state index is -0.734. The predicted molar refractivity (Wildman–Crippen MR) is 132 cm³/mol. The molecule has 0 bridgehead atoms. The van der Waals surface area contributed by atoms with E-state index in [1.54, 1.807) is 36.4 Å². The zero-order chi connectivity index (χ0) is 23.2. The molecule has 3 heteroatoms. The molecule has 2 aromatic carbocycles. The summed E-state index contributed by atoms with van der Waals surface area (Å²) in [6, 6.07) is 10.7. The largest absolute Gasteiger partial charge is 0.490 e. The first-order valence-electron chi connectivity index (χ1n) is 12.5. The molecular formula is C30H36F2O. The van der Waals surface area contributed by atoms with Crippen molar-refractivity contribution >= 4 is 0 Å². The highest BCUT2D eigenvalue weighted by Crippen LogP contribution is 2.49. The summed E-state index contributed by atoms with van der Waals surface area (Å²) < 4.78 is 35.8. The van der Waals surface area contributed by atoms with Gasteiger partial charge in [-0.1, -0.05) is 55.5 Å². The van der Waals surface area contributed by atoms with Crippen LogP contribution in [0.3, 0.4) is 0 Å². The molecule has 2 aliphatic rings. The van der Waals surface area contributed by atoms with Crippen molar-refractivity contribution in [2.45, 2.75) is 64.2 Å². The maximum Gasteiger partial charge on any atom is 0.166 e. The molecule has 0 radical (unpaired) electrons. The average molecular weight is 451 g/mol. The van der Waals surface area contributed by atoms with Crippen molar-refractivity contribution in [1.82, 2.24) is 0 Å². The molecule has 4 atom stereocenters. The fourth-order valence-electron chi connectivity index (χ4n) is 6.02. The molecule has 0 aliphatic heterocycles. The van der Waals surface area contributed by atoms with Gasteiger partial charge in [0.05, 0.1) is 0 Å². The van der Waals surface area contributed by atoms with E-state index in [1.165, 1.54) is 32.1 Å². The highest BCUT2D eigenvalue weighted by Gasteiger charge is 2.36. The topological polar surface area (TPSA) is 9.23 Å². The van der Waals surface area contributed by atoms with Gasteiger partial charge < -0.3 is 4.74 Å². The van der Waals surface area contributed by atoms with Gasteiger partial charge in [0.2, 0.25) is 0 Å². The smallest absolute Gasteiger partial charge is 0.166 e. The maximum atomic E-state index is 15.2. The first-order chi connectivity index (χ1) is 16.1. The second-order valence-corrected chi connectivity index (χ2v) is 9.81. The number of ether oxygens (including phenoxy) is 1. The van der Waals surface area contributed by atoms with Crippen LogP contribution >= 0.6 is 0 Å². The number of hydrogen-bond acceptors (Lipinski definition) is 1. The van der Waals surface area contributed by atoms with E-state index < -0.39 is 11.6 Å². The van der Waals surface area contributed by atoms with E-state index in [0.29, 0.717) is 35.0 Å². The molecule has 0 amide bonds. The number of halogens is 2. The van der Waals surface area contributed by atoms with E-state index >= 15 is 8.78 Å². The van der Waals surface area contributed by atoms with Crippen LogP contribution in [-0.4, -0.2) is 6.61 Å². The summed E-state index contributed by atoms with van der Waals surface area (Å²) in [5.41, 5.74) is 1.53. The monoisotopic (exact) mass is 450 g/mol. The highest BCUT2D eigenvalue weighted by atomic mass is 19.2. The minimum Gasteiger partial charge on any atom is -0.490 e. The van der Waals surface area contributed by atoms with Gasteiger partial charge in [-0.2, -0.15) is 0 Å². The molecule has 2 aliphatic carbocycles. The van der Waals surface area contributed by atoms with Crippen molar-refractivity contribution < 1.29 is 13.5 Å². The summed E-state index contributed by atoms with van der Waals surface area (Å²) >= 11 is 0. The van der Waals surface area contributed by atoms with Gasteiger partial charge in [0.15, 0.2) is 11.6 Å². The Morgan fingerprint density at radius 3 is 2.45 bits per heavy atom. The Labute approximate surface area is 197 Å². The Morgan fingerprint density at radius 1 is 0.939 bits per heavy atom. The lowest BCUT2D eigenvalue weighted by Gasteiger charge is -2.42. The van der Waals surface area contributed by atoms with Crippen LogP contribution < -0.4 is 4.74 Å². The van der Waals surface area contributed by atoms with Crippen molar-refractivity contribution in [3.63, 3.8) is 0 Å². The van der Waals surface area contributed by atoms with Crippen LogP contribution in [-0.2, 0) is 0 Å².